The molecule has 25 heavy (non-hydrogen) atoms. The number of benzene rings is 1. The standard InChI is InChI=1S/C21H20ClN3/c1-16-8-9-19(15-23)21(24-16)25-12-10-17(11-13-25)4-2-5-18-6-3-7-20(22)14-18/h2-9,14H,10-13H2,1H3/b5-2+. The number of halogens is 1. The Morgan fingerprint density at radius 1 is 1.20 bits per heavy atom. The molecule has 0 unspecified atom stereocenters. The number of pyridine rings is 1. The van der Waals surface area contributed by atoms with Gasteiger partial charge in [-0.2, -0.15) is 5.26 Å². The smallest absolute Gasteiger partial charge is 0.146 e. The maximum absolute atomic E-state index is 9.29. The minimum atomic E-state index is 0.652. The summed E-state index contributed by atoms with van der Waals surface area (Å²) in [6.45, 7) is 3.74. The Kier molecular flexibility index (Phi) is 5.53. The molecule has 0 N–H and O–H groups in total. The van der Waals surface area contributed by atoms with Gasteiger partial charge in [0.25, 0.3) is 0 Å². The van der Waals surface area contributed by atoms with Crippen molar-refractivity contribution in [2.24, 2.45) is 0 Å². The van der Waals surface area contributed by atoms with Gasteiger partial charge >= 0.3 is 0 Å². The van der Waals surface area contributed by atoms with Gasteiger partial charge in [-0.3, -0.25) is 0 Å². The van der Waals surface area contributed by atoms with Gasteiger partial charge in [0.1, 0.15) is 11.9 Å². The van der Waals surface area contributed by atoms with Gasteiger partial charge in [0.2, 0.25) is 0 Å². The SMILES string of the molecule is Cc1ccc(C#N)c(N2CCC(=C/C=C/c3cccc(Cl)c3)CC2)n1. The lowest BCUT2D eigenvalue weighted by atomic mass is 10.0. The molecular weight excluding hydrogens is 330 g/mol. The fourth-order valence-corrected chi connectivity index (χ4v) is 3.15. The van der Waals surface area contributed by atoms with Crippen LogP contribution in [0.3, 0.4) is 0 Å². The van der Waals surface area contributed by atoms with Gasteiger partial charge in [-0.15, -0.1) is 0 Å². The molecule has 0 bridgehead atoms. The second kappa shape index (κ2) is 8.00. The molecule has 1 aromatic heterocycles. The van der Waals surface area contributed by atoms with Crippen molar-refractivity contribution in [3.05, 3.63) is 76.0 Å². The first-order chi connectivity index (χ1) is 12.2. The molecule has 0 atom stereocenters. The summed E-state index contributed by atoms with van der Waals surface area (Å²) in [5, 5.41) is 10.0. The second-order valence-electron chi connectivity index (χ2n) is 6.16. The summed E-state index contributed by atoms with van der Waals surface area (Å²) in [6, 6.07) is 13.8. The molecule has 3 nitrogen and oxygen atoms in total. The predicted octanol–water partition coefficient (Wildman–Crippen LogP) is 5.16. The Morgan fingerprint density at radius 2 is 2.00 bits per heavy atom. The van der Waals surface area contributed by atoms with Crippen molar-refractivity contribution in [1.82, 2.24) is 4.98 Å². The molecule has 0 aliphatic carbocycles. The first kappa shape index (κ1) is 17.3. The van der Waals surface area contributed by atoms with Crippen LogP contribution in [-0.4, -0.2) is 18.1 Å². The highest BCUT2D eigenvalue weighted by Crippen LogP contribution is 2.24. The molecule has 0 spiro atoms. The zero-order valence-corrected chi connectivity index (χ0v) is 15.0. The van der Waals surface area contributed by atoms with Crippen molar-refractivity contribution >= 4 is 23.5 Å². The summed E-state index contributed by atoms with van der Waals surface area (Å²) in [4.78, 5) is 6.77. The predicted molar refractivity (Wildman–Crippen MR) is 104 cm³/mol. The molecule has 1 aliphatic rings. The Hall–Kier alpha value is -2.57. The average molecular weight is 350 g/mol. The van der Waals surface area contributed by atoms with Crippen molar-refractivity contribution in [3.63, 3.8) is 0 Å². The largest absolute Gasteiger partial charge is 0.355 e. The first-order valence-electron chi connectivity index (χ1n) is 8.40. The van der Waals surface area contributed by atoms with Crippen LogP contribution in [-0.2, 0) is 0 Å². The van der Waals surface area contributed by atoms with E-state index in [0.29, 0.717) is 5.56 Å². The van der Waals surface area contributed by atoms with Gasteiger partial charge < -0.3 is 4.90 Å². The number of nitrogens with zero attached hydrogens (tertiary/aromatic N) is 3. The summed E-state index contributed by atoms with van der Waals surface area (Å²) in [5.74, 6) is 0.816. The van der Waals surface area contributed by atoms with E-state index < -0.39 is 0 Å². The van der Waals surface area contributed by atoms with Crippen LogP contribution >= 0.6 is 11.6 Å². The Labute approximate surface area is 153 Å². The zero-order chi connectivity index (χ0) is 17.6. The van der Waals surface area contributed by atoms with Crippen LogP contribution in [0.1, 0.15) is 29.7 Å². The minimum absolute atomic E-state index is 0.652. The number of aryl methyl sites for hydroxylation is 1. The van der Waals surface area contributed by atoms with E-state index in [1.807, 2.05) is 43.3 Å². The number of hydrogen-bond donors (Lipinski definition) is 0. The number of rotatable bonds is 3. The zero-order valence-electron chi connectivity index (χ0n) is 14.2. The number of piperidine rings is 1. The number of allylic oxidation sites excluding steroid dienone is 2. The fourth-order valence-electron chi connectivity index (χ4n) is 2.95. The second-order valence-corrected chi connectivity index (χ2v) is 6.60. The molecule has 4 heteroatoms. The van der Waals surface area contributed by atoms with Crippen molar-refractivity contribution in [2.45, 2.75) is 19.8 Å². The Bertz CT molecular complexity index is 852. The van der Waals surface area contributed by atoms with Gasteiger partial charge in [0, 0.05) is 23.8 Å². The molecule has 1 aromatic carbocycles. The first-order valence-corrected chi connectivity index (χ1v) is 8.78. The summed E-state index contributed by atoms with van der Waals surface area (Å²) in [5.41, 5.74) is 4.11. The van der Waals surface area contributed by atoms with Crippen LogP contribution in [0.5, 0.6) is 0 Å². The molecule has 1 saturated heterocycles. The summed E-state index contributed by atoms with van der Waals surface area (Å²) >= 11 is 6.00. The lowest BCUT2D eigenvalue weighted by Gasteiger charge is -2.30. The van der Waals surface area contributed by atoms with Crippen molar-refractivity contribution in [1.29, 1.82) is 5.26 Å². The summed E-state index contributed by atoms with van der Waals surface area (Å²) in [6.07, 6.45) is 8.32. The molecule has 1 aliphatic heterocycles. The monoisotopic (exact) mass is 349 g/mol. The third-order valence-corrected chi connectivity index (χ3v) is 4.54. The third kappa shape index (κ3) is 4.49. The van der Waals surface area contributed by atoms with Gasteiger partial charge in [-0.05, 0) is 49.6 Å². The molecule has 0 amide bonds. The molecule has 3 rings (SSSR count). The van der Waals surface area contributed by atoms with Crippen molar-refractivity contribution < 1.29 is 0 Å². The van der Waals surface area contributed by atoms with Gasteiger partial charge in [-0.25, -0.2) is 4.98 Å². The summed E-state index contributed by atoms with van der Waals surface area (Å²) < 4.78 is 0. The minimum Gasteiger partial charge on any atom is -0.355 e. The normalized spacial score (nSPS) is 14.6. The van der Waals surface area contributed by atoms with Crippen LogP contribution in [0.2, 0.25) is 5.02 Å². The summed E-state index contributed by atoms with van der Waals surface area (Å²) in [7, 11) is 0. The molecule has 0 radical (unpaired) electrons. The molecule has 2 heterocycles. The lowest BCUT2D eigenvalue weighted by molar-refractivity contribution is 0.675. The van der Waals surface area contributed by atoms with Crippen molar-refractivity contribution in [3.8, 4) is 6.07 Å². The molecule has 126 valence electrons. The maximum Gasteiger partial charge on any atom is 0.146 e. The fraction of sp³-hybridized carbons (Fsp3) is 0.238. The third-order valence-electron chi connectivity index (χ3n) is 4.31. The maximum atomic E-state index is 9.29. The highest BCUT2D eigenvalue weighted by atomic mass is 35.5. The highest BCUT2D eigenvalue weighted by molar-refractivity contribution is 6.30. The van der Waals surface area contributed by atoms with Crippen LogP contribution in [0.25, 0.3) is 6.08 Å². The topological polar surface area (TPSA) is 39.9 Å². The number of anilines is 1. The van der Waals surface area contributed by atoms with E-state index in [0.717, 1.165) is 48.0 Å². The number of nitriles is 1. The quantitative estimate of drug-likeness (QED) is 0.768. The highest BCUT2D eigenvalue weighted by Gasteiger charge is 2.18. The van der Waals surface area contributed by atoms with E-state index in [4.69, 9.17) is 11.6 Å². The van der Waals surface area contributed by atoms with E-state index >= 15 is 0 Å². The van der Waals surface area contributed by atoms with Crippen LogP contribution < -0.4 is 4.90 Å². The van der Waals surface area contributed by atoms with Crippen LogP contribution in [0, 0.1) is 18.3 Å². The van der Waals surface area contributed by atoms with E-state index in [9.17, 15) is 5.26 Å². The number of hydrogen-bond acceptors (Lipinski definition) is 3. The van der Waals surface area contributed by atoms with Gasteiger partial charge in [-0.1, -0.05) is 47.5 Å². The van der Waals surface area contributed by atoms with Crippen LogP contribution in [0.4, 0.5) is 5.82 Å². The van der Waals surface area contributed by atoms with Crippen molar-refractivity contribution in [2.75, 3.05) is 18.0 Å². The van der Waals surface area contributed by atoms with E-state index in [1.165, 1.54) is 5.57 Å². The lowest BCUT2D eigenvalue weighted by Crippen LogP contribution is -2.32. The number of aromatic nitrogens is 1. The van der Waals surface area contributed by atoms with E-state index in [1.54, 1.807) is 0 Å². The average Bonchev–Trinajstić information content (AvgIpc) is 2.62. The van der Waals surface area contributed by atoms with E-state index in [2.05, 4.69) is 34.2 Å². The van der Waals surface area contributed by atoms with Gasteiger partial charge in [0.15, 0.2) is 0 Å². The molecule has 0 saturated carbocycles. The molecule has 2 aromatic rings. The Morgan fingerprint density at radius 3 is 2.72 bits per heavy atom. The van der Waals surface area contributed by atoms with Crippen LogP contribution in [0.15, 0.2) is 54.1 Å². The Balaban J connectivity index is 1.64. The molecular formula is C21H20ClN3. The van der Waals surface area contributed by atoms with Gasteiger partial charge in [0.05, 0.1) is 5.56 Å². The molecule has 1 fully saturated rings. The van der Waals surface area contributed by atoms with E-state index in [-0.39, 0.29) is 0 Å².